The summed E-state index contributed by atoms with van der Waals surface area (Å²) in [4.78, 5) is 23.3. The molecule has 0 bridgehead atoms. The summed E-state index contributed by atoms with van der Waals surface area (Å²) < 4.78 is 4.64. The zero-order valence-electron chi connectivity index (χ0n) is 14.2. The van der Waals surface area contributed by atoms with Crippen LogP contribution >= 0.6 is 0 Å². The van der Waals surface area contributed by atoms with Crippen molar-refractivity contribution in [1.82, 2.24) is 0 Å². The maximum Gasteiger partial charge on any atom is 0.337 e. The summed E-state index contributed by atoms with van der Waals surface area (Å²) in [5.41, 5.74) is 4.56. The maximum atomic E-state index is 12.0. The van der Waals surface area contributed by atoms with Gasteiger partial charge in [-0.1, -0.05) is 12.1 Å². The first-order valence-corrected chi connectivity index (χ1v) is 7.79. The number of carbonyl (C=O) groups is 2. The number of anilines is 2. The number of aryl methyl sites for hydroxylation is 1. The number of methoxy groups -OCH3 is 1. The van der Waals surface area contributed by atoms with Gasteiger partial charge in [-0.15, -0.1) is 0 Å². The van der Waals surface area contributed by atoms with E-state index in [9.17, 15) is 9.59 Å². The van der Waals surface area contributed by atoms with E-state index in [1.807, 2.05) is 12.1 Å². The summed E-state index contributed by atoms with van der Waals surface area (Å²) in [6.45, 7) is 4.67. The monoisotopic (exact) mass is 326 g/mol. The number of rotatable bonds is 6. The number of nitrogens with one attached hydrogen (secondary N) is 2. The Labute approximate surface area is 142 Å². The molecule has 0 fully saturated rings. The second kappa shape index (κ2) is 8.15. The molecule has 126 valence electrons. The predicted molar refractivity (Wildman–Crippen MR) is 95.4 cm³/mol. The number of ether oxygens (including phenoxy) is 1. The highest BCUT2D eigenvalue weighted by Gasteiger charge is 2.07. The topological polar surface area (TPSA) is 67.4 Å². The van der Waals surface area contributed by atoms with E-state index in [1.54, 1.807) is 24.3 Å². The van der Waals surface area contributed by atoms with Gasteiger partial charge in [-0.2, -0.15) is 0 Å². The largest absolute Gasteiger partial charge is 0.465 e. The predicted octanol–water partition coefficient (Wildman–Crippen LogP) is 3.53. The molecule has 0 heterocycles. The van der Waals surface area contributed by atoms with Crippen molar-refractivity contribution in [3.05, 3.63) is 59.2 Å². The van der Waals surface area contributed by atoms with E-state index in [2.05, 4.69) is 35.3 Å². The third-order valence-electron chi connectivity index (χ3n) is 3.86. The minimum absolute atomic E-state index is 0.0846. The van der Waals surface area contributed by atoms with Gasteiger partial charge in [0.15, 0.2) is 0 Å². The van der Waals surface area contributed by atoms with Crippen LogP contribution < -0.4 is 10.6 Å². The van der Waals surface area contributed by atoms with Gasteiger partial charge in [0.05, 0.1) is 12.7 Å². The van der Waals surface area contributed by atoms with Crippen molar-refractivity contribution in [3.8, 4) is 0 Å². The van der Waals surface area contributed by atoms with Gasteiger partial charge in [-0.05, 0) is 55.3 Å². The van der Waals surface area contributed by atoms with Crippen LogP contribution in [0.4, 0.5) is 11.4 Å². The molecule has 5 heteroatoms. The molecule has 2 N–H and O–H groups in total. The molecule has 0 atom stereocenters. The van der Waals surface area contributed by atoms with Crippen LogP contribution in [0.1, 0.15) is 27.9 Å². The van der Waals surface area contributed by atoms with Gasteiger partial charge < -0.3 is 15.4 Å². The van der Waals surface area contributed by atoms with Crippen LogP contribution in [0.25, 0.3) is 0 Å². The van der Waals surface area contributed by atoms with Gasteiger partial charge in [0.1, 0.15) is 0 Å². The molecule has 2 rings (SSSR count). The van der Waals surface area contributed by atoms with Gasteiger partial charge >= 0.3 is 5.97 Å². The van der Waals surface area contributed by atoms with Gasteiger partial charge in [0, 0.05) is 24.3 Å². The van der Waals surface area contributed by atoms with Crippen LogP contribution in [0.2, 0.25) is 0 Å². The van der Waals surface area contributed by atoms with E-state index in [1.165, 1.54) is 18.2 Å². The molecule has 0 aliphatic rings. The van der Waals surface area contributed by atoms with Crippen LogP contribution in [0.3, 0.4) is 0 Å². The summed E-state index contributed by atoms with van der Waals surface area (Å²) in [7, 11) is 1.33. The molecular weight excluding hydrogens is 304 g/mol. The first-order chi connectivity index (χ1) is 11.5. The molecule has 0 saturated carbocycles. The molecule has 0 aromatic heterocycles. The third-order valence-corrected chi connectivity index (χ3v) is 3.86. The fraction of sp³-hybridized carbons (Fsp3) is 0.263. The molecule has 1 amide bonds. The molecule has 0 aliphatic carbocycles. The van der Waals surface area contributed by atoms with Crippen LogP contribution in [0.5, 0.6) is 0 Å². The van der Waals surface area contributed by atoms with Crippen LogP contribution in [0.15, 0.2) is 42.5 Å². The van der Waals surface area contributed by atoms with Crippen molar-refractivity contribution in [2.24, 2.45) is 0 Å². The van der Waals surface area contributed by atoms with E-state index in [-0.39, 0.29) is 5.91 Å². The Morgan fingerprint density at radius 2 is 1.75 bits per heavy atom. The number of esters is 1. The molecule has 2 aromatic rings. The average molecular weight is 326 g/mol. The lowest BCUT2D eigenvalue weighted by molar-refractivity contribution is -0.115. The number of carbonyl (C=O) groups excluding carboxylic acids is 2. The lowest BCUT2D eigenvalue weighted by Gasteiger charge is -2.11. The Balaban J connectivity index is 1.83. The van der Waals surface area contributed by atoms with Gasteiger partial charge in [-0.3, -0.25) is 4.79 Å². The summed E-state index contributed by atoms with van der Waals surface area (Å²) in [5, 5.41) is 6.09. The molecule has 0 saturated heterocycles. The molecule has 0 spiro atoms. The lowest BCUT2D eigenvalue weighted by Crippen LogP contribution is -2.16. The van der Waals surface area contributed by atoms with Crippen molar-refractivity contribution in [1.29, 1.82) is 0 Å². The Morgan fingerprint density at radius 3 is 2.42 bits per heavy atom. The Morgan fingerprint density at radius 1 is 1.04 bits per heavy atom. The number of hydrogen-bond acceptors (Lipinski definition) is 4. The second-order valence-corrected chi connectivity index (χ2v) is 5.54. The van der Waals surface area contributed by atoms with Crippen molar-refractivity contribution < 1.29 is 14.3 Å². The quantitative estimate of drug-likeness (QED) is 0.797. The zero-order valence-corrected chi connectivity index (χ0v) is 14.2. The fourth-order valence-corrected chi connectivity index (χ4v) is 2.28. The zero-order chi connectivity index (χ0) is 17.5. The van der Waals surface area contributed by atoms with E-state index in [4.69, 9.17) is 0 Å². The summed E-state index contributed by atoms with van der Waals surface area (Å²) in [6, 6.07) is 12.7. The summed E-state index contributed by atoms with van der Waals surface area (Å²) in [5.74, 6) is -0.482. The molecule has 5 nitrogen and oxygen atoms in total. The SMILES string of the molecule is COC(=O)c1ccc(NC(=O)CCNc2cccc(C)c2C)cc1. The number of amides is 1. The Kier molecular flexibility index (Phi) is 5.95. The highest BCUT2D eigenvalue weighted by Crippen LogP contribution is 2.17. The molecular formula is C19H22N2O3. The van der Waals surface area contributed by atoms with Crippen molar-refractivity contribution in [3.63, 3.8) is 0 Å². The Bertz CT molecular complexity index is 724. The minimum Gasteiger partial charge on any atom is -0.465 e. The Hall–Kier alpha value is -2.82. The van der Waals surface area contributed by atoms with Gasteiger partial charge in [-0.25, -0.2) is 4.79 Å². The summed E-state index contributed by atoms with van der Waals surface area (Å²) >= 11 is 0. The van der Waals surface area contributed by atoms with Crippen LogP contribution in [-0.4, -0.2) is 25.5 Å². The lowest BCUT2D eigenvalue weighted by atomic mass is 10.1. The molecule has 0 radical (unpaired) electrons. The first-order valence-electron chi connectivity index (χ1n) is 7.79. The number of benzene rings is 2. The van der Waals surface area contributed by atoms with Crippen molar-refractivity contribution in [2.45, 2.75) is 20.3 Å². The summed E-state index contributed by atoms with van der Waals surface area (Å²) in [6.07, 6.45) is 0.353. The molecule has 0 aliphatic heterocycles. The van der Waals surface area contributed by atoms with E-state index < -0.39 is 5.97 Å². The van der Waals surface area contributed by atoms with E-state index in [0.717, 1.165) is 5.69 Å². The fourth-order valence-electron chi connectivity index (χ4n) is 2.28. The third kappa shape index (κ3) is 4.59. The van der Waals surface area contributed by atoms with Gasteiger partial charge in [0.2, 0.25) is 5.91 Å². The van der Waals surface area contributed by atoms with Gasteiger partial charge in [0.25, 0.3) is 0 Å². The molecule has 2 aromatic carbocycles. The van der Waals surface area contributed by atoms with Crippen molar-refractivity contribution in [2.75, 3.05) is 24.3 Å². The molecule has 0 unspecified atom stereocenters. The normalized spacial score (nSPS) is 10.1. The van der Waals surface area contributed by atoms with Crippen LogP contribution in [-0.2, 0) is 9.53 Å². The highest BCUT2D eigenvalue weighted by atomic mass is 16.5. The minimum atomic E-state index is -0.398. The smallest absolute Gasteiger partial charge is 0.337 e. The van der Waals surface area contributed by atoms with Crippen molar-refractivity contribution >= 4 is 23.3 Å². The van der Waals surface area contributed by atoms with E-state index >= 15 is 0 Å². The number of hydrogen-bond donors (Lipinski definition) is 2. The highest BCUT2D eigenvalue weighted by molar-refractivity contribution is 5.93. The standard InChI is InChI=1S/C19H22N2O3/c1-13-5-4-6-17(14(13)2)20-12-11-18(22)21-16-9-7-15(8-10-16)19(23)24-3/h4-10,20H,11-12H2,1-3H3,(H,21,22). The average Bonchev–Trinajstić information content (AvgIpc) is 2.58. The van der Waals surface area contributed by atoms with E-state index in [0.29, 0.717) is 24.2 Å². The second-order valence-electron chi connectivity index (χ2n) is 5.54. The molecule has 24 heavy (non-hydrogen) atoms. The maximum absolute atomic E-state index is 12.0. The first kappa shape index (κ1) is 17.5. The van der Waals surface area contributed by atoms with Crippen LogP contribution in [0, 0.1) is 13.8 Å².